The molecule has 0 aliphatic carbocycles. The number of carbonyl (C=O) groups is 1. The first-order chi connectivity index (χ1) is 10.1. The van der Waals surface area contributed by atoms with Crippen molar-refractivity contribution in [2.45, 2.75) is 12.5 Å². The van der Waals surface area contributed by atoms with Crippen LogP contribution < -0.4 is 16.2 Å². The van der Waals surface area contributed by atoms with Gasteiger partial charge in [0.25, 0.3) is 5.91 Å². The third kappa shape index (κ3) is 5.00. The lowest BCUT2D eigenvalue weighted by Gasteiger charge is -2.09. The quantitative estimate of drug-likeness (QED) is 0.741. The Bertz CT molecular complexity index is 620. The number of benzene rings is 1. The number of halogens is 1. The highest BCUT2D eigenvalue weighted by Gasteiger charge is 2.06. The van der Waals surface area contributed by atoms with E-state index in [1.165, 1.54) is 6.07 Å². The summed E-state index contributed by atoms with van der Waals surface area (Å²) in [4.78, 5) is 15.1. The molecule has 2 aromatic rings. The number of nitrogens with zero attached hydrogens (tertiary/aromatic N) is 1. The summed E-state index contributed by atoms with van der Waals surface area (Å²) in [6, 6.07) is 11.8. The molecule has 2 rings (SSSR count). The van der Waals surface area contributed by atoms with Crippen LogP contribution in [-0.4, -0.2) is 28.6 Å². The molecule has 0 saturated heterocycles. The molecule has 1 amide bonds. The van der Waals surface area contributed by atoms with Gasteiger partial charge in [-0.3, -0.25) is 4.79 Å². The van der Waals surface area contributed by atoms with Crippen molar-refractivity contribution in [2.24, 2.45) is 11.5 Å². The van der Waals surface area contributed by atoms with Gasteiger partial charge in [-0.15, -0.1) is 12.4 Å². The minimum atomic E-state index is -0.603. The number of primary amides is 1. The van der Waals surface area contributed by atoms with E-state index in [4.69, 9.17) is 21.3 Å². The zero-order valence-corrected chi connectivity index (χ0v) is 12.6. The molecule has 5 N–H and O–H groups in total. The Morgan fingerprint density at radius 3 is 2.50 bits per heavy atom. The summed E-state index contributed by atoms with van der Waals surface area (Å²) in [7, 11) is 0. The lowest BCUT2D eigenvalue weighted by molar-refractivity contribution is 0.0995. The zero-order valence-electron chi connectivity index (χ0n) is 11.8. The second kappa shape index (κ2) is 8.33. The number of pyridine rings is 1. The molecule has 0 bridgehead atoms. The van der Waals surface area contributed by atoms with Crippen LogP contribution >= 0.6 is 12.4 Å². The van der Waals surface area contributed by atoms with Gasteiger partial charge in [-0.1, -0.05) is 18.2 Å². The zero-order chi connectivity index (χ0) is 15.2. The first-order valence-corrected chi connectivity index (χ1v) is 6.48. The van der Waals surface area contributed by atoms with Gasteiger partial charge in [-0.2, -0.15) is 0 Å². The molecule has 0 aliphatic heterocycles. The predicted molar refractivity (Wildman–Crippen MR) is 85.3 cm³/mol. The van der Waals surface area contributed by atoms with Crippen LogP contribution in [0.4, 0.5) is 0 Å². The summed E-state index contributed by atoms with van der Waals surface area (Å²) in [5.74, 6) is 0.283. The normalized spacial score (nSPS) is 11.4. The Balaban J connectivity index is 0.00000242. The number of amides is 1. The van der Waals surface area contributed by atoms with Gasteiger partial charge in [0.15, 0.2) is 0 Å². The maximum Gasteiger partial charge on any atom is 0.267 e. The number of hydrogen-bond acceptors (Lipinski definition) is 5. The number of nitrogens with two attached hydrogens (primary N) is 2. The maximum absolute atomic E-state index is 11.1. The lowest BCUT2D eigenvalue weighted by Crippen LogP contribution is -2.26. The van der Waals surface area contributed by atoms with E-state index in [0.717, 1.165) is 5.56 Å². The molecule has 7 heteroatoms. The summed E-state index contributed by atoms with van der Waals surface area (Å²) < 4.78 is 5.56. The molecule has 1 unspecified atom stereocenters. The van der Waals surface area contributed by atoms with Crippen LogP contribution in [-0.2, 0) is 6.42 Å². The molecule has 0 radical (unpaired) electrons. The molecule has 1 heterocycles. The van der Waals surface area contributed by atoms with E-state index in [1.54, 1.807) is 24.3 Å². The SMILES string of the molecule is Cl.NC(=O)c1cccc(Oc2ccc(CC(N)CO)cc2)n1. The summed E-state index contributed by atoms with van der Waals surface area (Å²) >= 11 is 0. The van der Waals surface area contributed by atoms with Crippen molar-refractivity contribution in [3.05, 3.63) is 53.7 Å². The third-order valence-electron chi connectivity index (χ3n) is 2.85. The molecule has 22 heavy (non-hydrogen) atoms. The Kier molecular flexibility index (Phi) is 6.78. The molecule has 1 aromatic heterocycles. The van der Waals surface area contributed by atoms with E-state index >= 15 is 0 Å². The second-order valence-corrected chi connectivity index (χ2v) is 4.62. The van der Waals surface area contributed by atoms with Crippen molar-refractivity contribution in [1.29, 1.82) is 0 Å². The number of carbonyl (C=O) groups excluding carboxylic acids is 1. The van der Waals surface area contributed by atoms with Gasteiger partial charge in [0.05, 0.1) is 6.61 Å². The smallest absolute Gasteiger partial charge is 0.267 e. The minimum Gasteiger partial charge on any atom is -0.439 e. The van der Waals surface area contributed by atoms with Crippen LogP contribution in [0.3, 0.4) is 0 Å². The molecule has 1 aromatic carbocycles. The van der Waals surface area contributed by atoms with Crippen molar-refractivity contribution in [1.82, 2.24) is 4.98 Å². The summed E-state index contributed by atoms with van der Waals surface area (Å²) in [6.07, 6.45) is 0.589. The van der Waals surface area contributed by atoms with Crippen LogP contribution in [0.2, 0.25) is 0 Å². The monoisotopic (exact) mass is 323 g/mol. The summed E-state index contributed by atoms with van der Waals surface area (Å²) in [5.41, 5.74) is 12.0. The van der Waals surface area contributed by atoms with E-state index in [-0.39, 0.29) is 30.7 Å². The van der Waals surface area contributed by atoms with Crippen molar-refractivity contribution in [2.75, 3.05) is 6.61 Å². The van der Waals surface area contributed by atoms with E-state index < -0.39 is 5.91 Å². The molecule has 118 valence electrons. The van der Waals surface area contributed by atoms with Crippen molar-refractivity contribution < 1.29 is 14.6 Å². The fraction of sp³-hybridized carbons (Fsp3) is 0.200. The minimum absolute atomic E-state index is 0. The first-order valence-electron chi connectivity index (χ1n) is 6.48. The van der Waals surface area contributed by atoms with Crippen molar-refractivity contribution in [3.8, 4) is 11.6 Å². The largest absolute Gasteiger partial charge is 0.439 e. The Morgan fingerprint density at radius 2 is 1.91 bits per heavy atom. The van der Waals surface area contributed by atoms with E-state index in [2.05, 4.69) is 4.98 Å². The Morgan fingerprint density at radius 1 is 1.23 bits per heavy atom. The van der Waals surface area contributed by atoms with Crippen LogP contribution in [0.5, 0.6) is 11.6 Å². The van der Waals surface area contributed by atoms with Gasteiger partial charge in [-0.05, 0) is 30.2 Å². The molecule has 0 saturated carbocycles. The second-order valence-electron chi connectivity index (χ2n) is 4.62. The third-order valence-corrected chi connectivity index (χ3v) is 2.85. The van der Waals surface area contributed by atoms with Crippen LogP contribution in [0, 0.1) is 0 Å². The molecule has 0 aliphatic rings. The highest BCUT2D eigenvalue weighted by atomic mass is 35.5. The molecule has 0 spiro atoms. The average molecular weight is 324 g/mol. The van der Waals surface area contributed by atoms with Gasteiger partial charge < -0.3 is 21.3 Å². The molecular weight excluding hydrogens is 306 g/mol. The lowest BCUT2D eigenvalue weighted by atomic mass is 10.1. The van der Waals surface area contributed by atoms with Crippen LogP contribution in [0.25, 0.3) is 0 Å². The Hall–Kier alpha value is -2.15. The van der Waals surface area contributed by atoms with Crippen molar-refractivity contribution >= 4 is 18.3 Å². The topological polar surface area (TPSA) is 111 Å². The number of aliphatic hydroxyl groups is 1. The predicted octanol–water partition coefficient (Wildman–Crippen LogP) is 1.26. The van der Waals surface area contributed by atoms with Gasteiger partial charge >= 0.3 is 0 Å². The number of hydrogen-bond donors (Lipinski definition) is 3. The highest BCUT2D eigenvalue weighted by molar-refractivity contribution is 5.90. The van der Waals surface area contributed by atoms with E-state index in [9.17, 15) is 4.79 Å². The fourth-order valence-electron chi connectivity index (χ4n) is 1.79. The summed E-state index contributed by atoms with van der Waals surface area (Å²) in [5, 5.41) is 8.92. The van der Waals surface area contributed by atoms with Gasteiger partial charge in [0.2, 0.25) is 5.88 Å². The Labute approximate surface area is 134 Å². The average Bonchev–Trinajstić information content (AvgIpc) is 2.49. The standard InChI is InChI=1S/C15H17N3O3.ClH/c16-11(9-19)8-10-4-6-12(7-5-10)21-14-3-1-2-13(18-14)15(17)20;/h1-7,11,19H,8-9,16H2,(H2,17,20);1H. The molecule has 1 atom stereocenters. The van der Waals surface area contributed by atoms with Gasteiger partial charge in [0.1, 0.15) is 11.4 Å². The summed E-state index contributed by atoms with van der Waals surface area (Å²) in [6.45, 7) is -0.0535. The van der Waals surface area contributed by atoms with E-state index in [1.807, 2.05) is 12.1 Å². The number of ether oxygens (including phenoxy) is 1. The highest BCUT2D eigenvalue weighted by Crippen LogP contribution is 2.20. The van der Waals surface area contributed by atoms with Crippen LogP contribution in [0.15, 0.2) is 42.5 Å². The van der Waals surface area contributed by atoms with E-state index in [0.29, 0.717) is 18.1 Å². The maximum atomic E-state index is 11.1. The molecule has 6 nitrogen and oxygen atoms in total. The molecule has 0 fully saturated rings. The number of rotatable bonds is 6. The molecular formula is C15H18ClN3O3. The van der Waals surface area contributed by atoms with Gasteiger partial charge in [-0.25, -0.2) is 4.98 Å². The van der Waals surface area contributed by atoms with Crippen LogP contribution in [0.1, 0.15) is 16.1 Å². The first kappa shape index (κ1) is 17.9. The number of aliphatic hydroxyl groups excluding tert-OH is 1. The number of aromatic nitrogens is 1. The van der Waals surface area contributed by atoms with Gasteiger partial charge in [0, 0.05) is 12.1 Å². The van der Waals surface area contributed by atoms with Crippen molar-refractivity contribution in [3.63, 3.8) is 0 Å². The fourth-order valence-corrected chi connectivity index (χ4v) is 1.79.